The number of carbonyl (C=O) groups excluding carboxylic acids is 2. The first-order valence-electron chi connectivity index (χ1n) is 9.37. The van der Waals surface area contributed by atoms with Gasteiger partial charge < -0.3 is 10.6 Å². The molecule has 0 heterocycles. The van der Waals surface area contributed by atoms with Crippen LogP contribution in [0, 0.1) is 17.0 Å². The Labute approximate surface area is 173 Å². The molecule has 0 bridgehead atoms. The number of rotatable bonds is 6. The minimum absolute atomic E-state index is 0.0264. The normalized spacial score (nSPS) is 11.4. The molecule has 3 rings (SSSR count). The molecule has 1 atom stereocenters. The highest BCUT2D eigenvalue weighted by molar-refractivity contribution is 6.04. The van der Waals surface area contributed by atoms with Crippen LogP contribution in [0.4, 0.5) is 11.4 Å². The molecule has 2 amide bonds. The molecule has 0 radical (unpaired) electrons. The fourth-order valence-corrected chi connectivity index (χ4v) is 3.04. The molecule has 30 heavy (non-hydrogen) atoms. The zero-order valence-corrected chi connectivity index (χ0v) is 16.6. The molecule has 0 saturated heterocycles. The number of nitrogens with one attached hydrogen (secondary N) is 2. The summed E-state index contributed by atoms with van der Waals surface area (Å²) in [6.07, 6.45) is 0. The van der Waals surface area contributed by atoms with E-state index in [9.17, 15) is 19.7 Å². The molecule has 3 aromatic carbocycles. The minimum atomic E-state index is -0.477. The maximum Gasteiger partial charge on any atom is 0.272 e. The Morgan fingerprint density at radius 1 is 0.900 bits per heavy atom. The van der Waals surface area contributed by atoms with Gasteiger partial charge in [-0.25, -0.2) is 0 Å². The van der Waals surface area contributed by atoms with Crippen molar-refractivity contribution in [3.8, 4) is 0 Å². The second-order valence-electron chi connectivity index (χ2n) is 6.90. The number of hydrogen-bond donors (Lipinski definition) is 2. The molecule has 0 saturated carbocycles. The van der Waals surface area contributed by atoms with Crippen LogP contribution in [-0.2, 0) is 0 Å². The van der Waals surface area contributed by atoms with Crippen molar-refractivity contribution < 1.29 is 14.5 Å². The third-order valence-electron chi connectivity index (χ3n) is 4.68. The Morgan fingerprint density at radius 3 is 2.30 bits per heavy atom. The van der Waals surface area contributed by atoms with Gasteiger partial charge in [0.2, 0.25) is 0 Å². The zero-order chi connectivity index (χ0) is 21.7. The first kappa shape index (κ1) is 20.7. The van der Waals surface area contributed by atoms with Gasteiger partial charge in [0.1, 0.15) is 0 Å². The van der Waals surface area contributed by atoms with Crippen molar-refractivity contribution in [2.75, 3.05) is 5.32 Å². The van der Waals surface area contributed by atoms with Crippen LogP contribution in [0.15, 0.2) is 72.8 Å². The SMILES string of the molecule is Cc1cc(C(=O)N[C@@H](C)c2cccc(NC(=O)c3ccccc3)c2)ccc1[N+](=O)[O-]. The molecule has 0 aliphatic heterocycles. The third kappa shape index (κ3) is 4.88. The average molecular weight is 403 g/mol. The summed E-state index contributed by atoms with van der Waals surface area (Å²) >= 11 is 0. The summed E-state index contributed by atoms with van der Waals surface area (Å²) in [5, 5.41) is 16.7. The Balaban J connectivity index is 1.70. The van der Waals surface area contributed by atoms with E-state index in [1.807, 2.05) is 19.1 Å². The predicted molar refractivity (Wildman–Crippen MR) is 115 cm³/mol. The third-order valence-corrected chi connectivity index (χ3v) is 4.68. The molecule has 0 aliphatic carbocycles. The summed E-state index contributed by atoms with van der Waals surface area (Å²) in [5.41, 5.74) is 2.73. The summed E-state index contributed by atoms with van der Waals surface area (Å²) in [6.45, 7) is 3.42. The van der Waals surface area contributed by atoms with Crippen molar-refractivity contribution in [1.82, 2.24) is 5.32 Å². The second-order valence-corrected chi connectivity index (χ2v) is 6.90. The van der Waals surface area contributed by atoms with E-state index >= 15 is 0 Å². The van der Waals surface area contributed by atoms with Gasteiger partial charge in [0.15, 0.2) is 0 Å². The van der Waals surface area contributed by atoms with Crippen molar-refractivity contribution in [1.29, 1.82) is 0 Å². The standard InChI is InChI=1S/C23H21N3O4/c1-15-13-19(11-12-21(15)26(29)30)23(28)24-16(2)18-9-6-10-20(14-18)25-22(27)17-7-4-3-5-8-17/h3-14,16H,1-2H3,(H,24,28)(H,25,27)/t16-/m0/s1. The van der Waals surface area contributed by atoms with Gasteiger partial charge in [-0.2, -0.15) is 0 Å². The van der Waals surface area contributed by atoms with Crippen molar-refractivity contribution in [2.45, 2.75) is 19.9 Å². The number of amides is 2. The Hall–Kier alpha value is -4.00. The summed E-state index contributed by atoms with van der Waals surface area (Å²) in [5.74, 6) is -0.551. The number of nitro benzene ring substituents is 1. The lowest BCUT2D eigenvalue weighted by atomic mass is 10.1. The molecular formula is C23H21N3O4. The van der Waals surface area contributed by atoms with Crippen molar-refractivity contribution in [3.05, 3.63) is 105 Å². The van der Waals surface area contributed by atoms with Gasteiger partial charge in [-0.15, -0.1) is 0 Å². The summed E-state index contributed by atoms with van der Waals surface area (Å²) in [7, 11) is 0. The fourth-order valence-electron chi connectivity index (χ4n) is 3.04. The van der Waals surface area contributed by atoms with Crippen LogP contribution in [0.2, 0.25) is 0 Å². The number of benzene rings is 3. The molecule has 0 aromatic heterocycles. The number of anilines is 1. The van der Waals surface area contributed by atoms with Crippen molar-refractivity contribution in [3.63, 3.8) is 0 Å². The quantitative estimate of drug-likeness (QED) is 0.462. The molecule has 0 unspecified atom stereocenters. The number of nitro groups is 1. The van der Waals surface area contributed by atoms with Gasteiger partial charge in [0.05, 0.1) is 11.0 Å². The molecule has 152 valence electrons. The van der Waals surface area contributed by atoms with Gasteiger partial charge >= 0.3 is 0 Å². The lowest BCUT2D eigenvalue weighted by Gasteiger charge is -2.16. The summed E-state index contributed by atoms with van der Waals surface area (Å²) in [4.78, 5) is 35.4. The zero-order valence-electron chi connectivity index (χ0n) is 16.6. The van der Waals surface area contributed by atoms with Crippen LogP contribution in [0.25, 0.3) is 0 Å². The smallest absolute Gasteiger partial charge is 0.272 e. The number of carbonyl (C=O) groups is 2. The number of nitrogens with zero attached hydrogens (tertiary/aromatic N) is 1. The van der Waals surface area contributed by atoms with Crippen LogP contribution in [0.5, 0.6) is 0 Å². The maximum absolute atomic E-state index is 12.6. The van der Waals surface area contributed by atoms with E-state index in [1.165, 1.54) is 18.2 Å². The molecular weight excluding hydrogens is 382 g/mol. The monoisotopic (exact) mass is 403 g/mol. The van der Waals surface area contributed by atoms with Gasteiger partial charge in [0, 0.05) is 28.4 Å². The Bertz CT molecular complexity index is 1100. The van der Waals surface area contributed by atoms with E-state index < -0.39 is 4.92 Å². The van der Waals surface area contributed by atoms with Gasteiger partial charge in [0.25, 0.3) is 17.5 Å². The summed E-state index contributed by atoms with van der Waals surface area (Å²) < 4.78 is 0. The molecule has 0 spiro atoms. The van der Waals surface area contributed by atoms with Gasteiger partial charge in [-0.3, -0.25) is 19.7 Å². The van der Waals surface area contributed by atoms with Crippen LogP contribution in [-0.4, -0.2) is 16.7 Å². The lowest BCUT2D eigenvalue weighted by molar-refractivity contribution is -0.385. The molecule has 7 nitrogen and oxygen atoms in total. The molecule has 0 aliphatic rings. The minimum Gasteiger partial charge on any atom is -0.346 e. The topological polar surface area (TPSA) is 101 Å². The second kappa shape index (κ2) is 9.00. The van der Waals surface area contributed by atoms with E-state index in [4.69, 9.17) is 0 Å². The van der Waals surface area contributed by atoms with Gasteiger partial charge in [-0.05, 0) is 55.8 Å². The highest BCUT2D eigenvalue weighted by Gasteiger charge is 2.16. The summed E-state index contributed by atoms with van der Waals surface area (Å²) in [6, 6.07) is 20.0. The van der Waals surface area contributed by atoms with E-state index in [0.717, 1.165) is 5.56 Å². The Morgan fingerprint density at radius 2 is 1.63 bits per heavy atom. The number of aryl methyl sites for hydroxylation is 1. The van der Waals surface area contributed by atoms with Crippen LogP contribution < -0.4 is 10.6 Å². The molecule has 7 heteroatoms. The van der Waals surface area contributed by atoms with Gasteiger partial charge in [-0.1, -0.05) is 30.3 Å². The van der Waals surface area contributed by atoms with E-state index in [0.29, 0.717) is 22.4 Å². The highest BCUT2D eigenvalue weighted by Crippen LogP contribution is 2.21. The highest BCUT2D eigenvalue weighted by atomic mass is 16.6. The number of hydrogen-bond acceptors (Lipinski definition) is 4. The molecule has 3 aromatic rings. The maximum atomic E-state index is 12.6. The van der Waals surface area contributed by atoms with E-state index in [1.54, 1.807) is 49.4 Å². The van der Waals surface area contributed by atoms with Crippen LogP contribution in [0.1, 0.15) is 44.8 Å². The largest absolute Gasteiger partial charge is 0.346 e. The van der Waals surface area contributed by atoms with Crippen molar-refractivity contribution >= 4 is 23.2 Å². The molecule has 0 fully saturated rings. The average Bonchev–Trinajstić information content (AvgIpc) is 2.74. The predicted octanol–water partition coefficient (Wildman–Crippen LogP) is 4.65. The first-order chi connectivity index (χ1) is 14.3. The fraction of sp³-hybridized carbons (Fsp3) is 0.130. The Kier molecular flexibility index (Phi) is 6.22. The van der Waals surface area contributed by atoms with Crippen LogP contribution >= 0.6 is 0 Å². The van der Waals surface area contributed by atoms with E-state index in [2.05, 4.69) is 10.6 Å². The van der Waals surface area contributed by atoms with Crippen molar-refractivity contribution in [2.24, 2.45) is 0 Å². The van der Waals surface area contributed by atoms with Crippen LogP contribution in [0.3, 0.4) is 0 Å². The molecule has 2 N–H and O–H groups in total. The lowest BCUT2D eigenvalue weighted by Crippen LogP contribution is -2.26. The first-order valence-corrected chi connectivity index (χ1v) is 9.37. The van der Waals surface area contributed by atoms with E-state index in [-0.39, 0.29) is 23.5 Å².